The number of Topliss-reactive ketones (excluding diaryl/α,β-unsaturated/α-hetero) is 2. The highest BCUT2D eigenvalue weighted by molar-refractivity contribution is 6.00. The van der Waals surface area contributed by atoms with E-state index in [1.807, 2.05) is 30.3 Å². The molecule has 0 aliphatic carbocycles. The maximum atomic E-state index is 11.2. The first-order chi connectivity index (χ1) is 6.61. The van der Waals surface area contributed by atoms with Gasteiger partial charge in [-0.3, -0.25) is 9.59 Å². The van der Waals surface area contributed by atoms with Gasteiger partial charge < -0.3 is 5.48 Å². The van der Waals surface area contributed by atoms with Crippen LogP contribution < -0.4 is 0 Å². The fourth-order valence-corrected chi connectivity index (χ4v) is 1.42. The summed E-state index contributed by atoms with van der Waals surface area (Å²) in [7, 11) is 0. The molecule has 0 saturated carbocycles. The second kappa shape index (κ2) is 6.09. The van der Waals surface area contributed by atoms with Crippen molar-refractivity contribution in [3.8, 4) is 0 Å². The standard InChI is InChI=1S/C12H14O2.H2O/c1-9(13)12(10(2)14)8-11-6-4-3-5-7-11;/h3-7,12H,8H2,1-2H3;1H2. The molecule has 0 atom stereocenters. The maximum absolute atomic E-state index is 11.2. The summed E-state index contributed by atoms with van der Waals surface area (Å²) in [4.78, 5) is 22.3. The molecule has 1 aromatic carbocycles. The highest BCUT2D eigenvalue weighted by Gasteiger charge is 2.19. The summed E-state index contributed by atoms with van der Waals surface area (Å²) in [5, 5.41) is 0. The van der Waals surface area contributed by atoms with Crippen molar-refractivity contribution in [1.29, 1.82) is 0 Å². The van der Waals surface area contributed by atoms with Crippen LogP contribution in [0.3, 0.4) is 0 Å². The molecule has 0 heterocycles. The molecule has 1 aromatic rings. The minimum absolute atomic E-state index is 0. The van der Waals surface area contributed by atoms with Gasteiger partial charge in [-0.05, 0) is 25.8 Å². The molecule has 0 aromatic heterocycles. The summed E-state index contributed by atoms with van der Waals surface area (Å²) in [6.45, 7) is 2.93. The van der Waals surface area contributed by atoms with Crippen LogP contribution in [0, 0.1) is 5.92 Å². The Hall–Kier alpha value is -1.48. The Kier molecular flexibility index (Phi) is 5.49. The first-order valence-electron chi connectivity index (χ1n) is 4.66. The van der Waals surface area contributed by atoms with Crippen molar-refractivity contribution in [3.05, 3.63) is 35.9 Å². The Labute approximate surface area is 89.4 Å². The minimum Gasteiger partial charge on any atom is -0.412 e. The van der Waals surface area contributed by atoms with Crippen molar-refractivity contribution in [2.24, 2.45) is 5.92 Å². The molecule has 2 N–H and O–H groups in total. The number of hydrogen-bond donors (Lipinski definition) is 0. The summed E-state index contributed by atoms with van der Waals surface area (Å²) in [5.41, 5.74) is 1.03. The average Bonchev–Trinajstić information content (AvgIpc) is 2.15. The van der Waals surface area contributed by atoms with Crippen molar-refractivity contribution in [1.82, 2.24) is 0 Å². The van der Waals surface area contributed by atoms with E-state index in [4.69, 9.17) is 0 Å². The van der Waals surface area contributed by atoms with Gasteiger partial charge in [-0.2, -0.15) is 0 Å². The van der Waals surface area contributed by atoms with Gasteiger partial charge in [0.05, 0.1) is 5.92 Å². The quantitative estimate of drug-likeness (QED) is 0.698. The lowest BCUT2D eigenvalue weighted by Gasteiger charge is -2.09. The van der Waals surface area contributed by atoms with Crippen molar-refractivity contribution in [3.63, 3.8) is 0 Å². The SMILES string of the molecule is CC(=O)C(Cc1ccccc1)C(C)=O.O. The number of carbonyl (C=O) groups excluding carboxylic acids is 2. The molecule has 3 nitrogen and oxygen atoms in total. The lowest BCUT2D eigenvalue weighted by Crippen LogP contribution is -2.21. The minimum atomic E-state index is -0.475. The highest BCUT2D eigenvalue weighted by Crippen LogP contribution is 2.10. The molecule has 0 saturated heterocycles. The third-order valence-electron chi connectivity index (χ3n) is 2.26. The van der Waals surface area contributed by atoms with E-state index in [0.29, 0.717) is 6.42 Å². The second-order valence-electron chi connectivity index (χ2n) is 3.46. The molecule has 15 heavy (non-hydrogen) atoms. The van der Waals surface area contributed by atoms with E-state index in [1.165, 1.54) is 13.8 Å². The van der Waals surface area contributed by atoms with E-state index in [9.17, 15) is 9.59 Å². The number of hydrogen-bond acceptors (Lipinski definition) is 2. The van der Waals surface area contributed by atoms with Crippen molar-refractivity contribution >= 4 is 11.6 Å². The first-order valence-corrected chi connectivity index (χ1v) is 4.66. The molecule has 0 aliphatic heterocycles. The van der Waals surface area contributed by atoms with Gasteiger partial charge in [0, 0.05) is 0 Å². The Bertz CT molecular complexity index is 316. The summed E-state index contributed by atoms with van der Waals surface area (Å²) < 4.78 is 0. The zero-order valence-corrected chi connectivity index (χ0v) is 8.99. The second-order valence-corrected chi connectivity index (χ2v) is 3.46. The molecule has 0 amide bonds. The summed E-state index contributed by atoms with van der Waals surface area (Å²) in [5.74, 6) is -0.583. The first kappa shape index (κ1) is 13.5. The fourth-order valence-electron chi connectivity index (χ4n) is 1.42. The molecule has 82 valence electrons. The fraction of sp³-hybridized carbons (Fsp3) is 0.333. The van der Waals surface area contributed by atoms with E-state index in [0.717, 1.165) is 5.56 Å². The Morgan fingerprint density at radius 2 is 1.53 bits per heavy atom. The van der Waals surface area contributed by atoms with Gasteiger partial charge in [0.15, 0.2) is 0 Å². The Morgan fingerprint density at radius 3 is 1.93 bits per heavy atom. The van der Waals surface area contributed by atoms with Gasteiger partial charge in [0.2, 0.25) is 0 Å². The predicted molar refractivity (Wildman–Crippen MR) is 58.6 cm³/mol. The zero-order valence-electron chi connectivity index (χ0n) is 8.99. The van der Waals surface area contributed by atoms with E-state index in [-0.39, 0.29) is 17.0 Å². The summed E-state index contributed by atoms with van der Waals surface area (Å²) >= 11 is 0. The third kappa shape index (κ3) is 4.04. The monoisotopic (exact) mass is 208 g/mol. The van der Waals surface area contributed by atoms with E-state index >= 15 is 0 Å². The van der Waals surface area contributed by atoms with Crippen molar-refractivity contribution in [2.45, 2.75) is 20.3 Å². The molecule has 0 spiro atoms. The van der Waals surface area contributed by atoms with Crippen LogP contribution in [0.5, 0.6) is 0 Å². The molecular weight excluding hydrogens is 192 g/mol. The molecule has 0 fully saturated rings. The van der Waals surface area contributed by atoms with Crippen LogP contribution in [0.15, 0.2) is 30.3 Å². The molecule has 0 unspecified atom stereocenters. The van der Waals surface area contributed by atoms with Crippen LogP contribution in [0.25, 0.3) is 0 Å². The lowest BCUT2D eigenvalue weighted by molar-refractivity contribution is -0.130. The molecular formula is C12H16O3. The van der Waals surface area contributed by atoms with Gasteiger partial charge >= 0.3 is 0 Å². The van der Waals surface area contributed by atoms with Gasteiger partial charge in [-0.15, -0.1) is 0 Å². The Morgan fingerprint density at radius 1 is 1.07 bits per heavy atom. The number of ketones is 2. The van der Waals surface area contributed by atoms with Crippen LogP contribution in [0.1, 0.15) is 19.4 Å². The summed E-state index contributed by atoms with van der Waals surface area (Å²) in [6.07, 6.45) is 0.519. The highest BCUT2D eigenvalue weighted by atomic mass is 16.1. The average molecular weight is 208 g/mol. The van der Waals surface area contributed by atoms with E-state index in [2.05, 4.69) is 0 Å². The lowest BCUT2D eigenvalue weighted by atomic mass is 9.93. The number of benzene rings is 1. The van der Waals surface area contributed by atoms with Gasteiger partial charge in [-0.1, -0.05) is 30.3 Å². The molecule has 1 rings (SSSR count). The molecule has 0 aliphatic rings. The van der Waals surface area contributed by atoms with E-state index < -0.39 is 5.92 Å². The summed E-state index contributed by atoms with van der Waals surface area (Å²) in [6, 6.07) is 9.59. The largest absolute Gasteiger partial charge is 0.412 e. The van der Waals surface area contributed by atoms with Crippen LogP contribution in [-0.4, -0.2) is 17.0 Å². The van der Waals surface area contributed by atoms with Gasteiger partial charge in [0.1, 0.15) is 11.6 Å². The van der Waals surface area contributed by atoms with Gasteiger partial charge in [0.25, 0.3) is 0 Å². The Balaban J connectivity index is 0.00000196. The van der Waals surface area contributed by atoms with Gasteiger partial charge in [-0.25, -0.2) is 0 Å². The topological polar surface area (TPSA) is 65.6 Å². The zero-order chi connectivity index (χ0) is 10.6. The normalized spacial score (nSPS) is 9.53. The van der Waals surface area contributed by atoms with E-state index in [1.54, 1.807) is 0 Å². The molecule has 3 heteroatoms. The molecule has 0 radical (unpaired) electrons. The smallest absolute Gasteiger partial charge is 0.140 e. The van der Waals surface area contributed by atoms with Crippen LogP contribution in [-0.2, 0) is 16.0 Å². The van der Waals surface area contributed by atoms with Crippen LogP contribution >= 0.6 is 0 Å². The predicted octanol–water partition coefficient (Wildman–Crippen LogP) is 1.20. The number of carbonyl (C=O) groups is 2. The number of rotatable bonds is 4. The third-order valence-corrected chi connectivity index (χ3v) is 2.26. The van der Waals surface area contributed by atoms with Crippen LogP contribution in [0.4, 0.5) is 0 Å². The maximum Gasteiger partial charge on any atom is 0.140 e. The van der Waals surface area contributed by atoms with Crippen molar-refractivity contribution < 1.29 is 15.1 Å². The molecule has 0 bridgehead atoms. The van der Waals surface area contributed by atoms with Crippen LogP contribution in [0.2, 0.25) is 0 Å². The van der Waals surface area contributed by atoms with Crippen molar-refractivity contribution in [2.75, 3.05) is 0 Å².